The number of rotatable bonds is 5. The Labute approximate surface area is 130 Å². The topological polar surface area (TPSA) is 114 Å². The normalized spacial score (nSPS) is 10.2. The minimum absolute atomic E-state index is 0.0448. The molecule has 2 N–H and O–H groups in total. The Morgan fingerprint density at radius 2 is 2.41 bits per heavy atom. The Bertz CT molecular complexity index is 694. The molecule has 0 fully saturated rings. The van der Waals surface area contributed by atoms with Crippen LogP contribution >= 0.6 is 12.2 Å². The zero-order chi connectivity index (χ0) is 16.1. The van der Waals surface area contributed by atoms with Crippen LogP contribution in [0.1, 0.15) is 11.6 Å². The van der Waals surface area contributed by atoms with E-state index in [-0.39, 0.29) is 24.0 Å². The Morgan fingerprint density at radius 3 is 3.05 bits per heavy atom. The minimum Gasteiger partial charge on any atom is -0.462 e. The number of hydrogen-bond donors (Lipinski definition) is 2. The van der Waals surface area contributed by atoms with Gasteiger partial charge in [-0.05, 0) is 12.1 Å². The number of aromatic amines is 1. The molecule has 0 aliphatic heterocycles. The molecule has 0 aliphatic rings. The van der Waals surface area contributed by atoms with Gasteiger partial charge < -0.3 is 14.1 Å². The third kappa shape index (κ3) is 3.67. The van der Waals surface area contributed by atoms with E-state index in [0.717, 1.165) is 0 Å². The number of hydrogen-bond acceptors (Lipinski definition) is 6. The number of nitrogens with one attached hydrogen (secondary N) is 2. The lowest BCUT2D eigenvalue weighted by Crippen LogP contribution is -2.41. The molecule has 0 unspecified atom stereocenters. The van der Waals surface area contributed by atoms with Gasteiger partial charge in [-0.15, -0.1) is 4.57 Å². The highest BCUT2D eigenvalue weighted by Crippen LogP contribution is 2.03. The summed E-state index contributed by atoms with van der Waals surface area (Å²) >= 11 is 4.95. The lowest BCUT2D eigenvalue weighted by molar-refractivity contribution is -0.739. The molecule has 22 heavy (non-hydrogen) atoms. The van der Waals surface area contributed by atoms with Gasteiger partial charge in [-0.1, -0.05) is 12.2 Å². The van der Waals surface area contributed by atoms with Crippen LogP contribution in [0.15, 0.2) is 29.0 Å². The van der Waals surface area contributed by atoms with Gasteiger partial charge in [0.25, 0.3) is 5.82 Å². The summed E-state index contributed by atoms with van der Waals surface area (Å²) in [5.41, 5.74) is 0. The van der Waals surface area contributed by atoms with E-state index in [2.05, 4.69) is 10.3 Å². The number of furan rings is 1. The second kappa shape index (κ2) is 6.80. The van der Waals surface area contributed by atoms with Gasteiger partial charge in [0.2, 0.25) is 0 Å². The maximum absolute atomic E-state index is 11.6. The van der Waals surface area contributed by atoms with Gasteiger partial charge in [0.15, 0.2) is 30.1 Å². The molecule has 2 heterocycles. The summed E-state index contributed by atoms with van der Waals surface area (Å²) in [7, 11) is 0. The molecule has 0 spiro atoms. The standard InChI is InChI=1S/C12H12N4O5S/c1-8-13-7-10(16(18)19)15(8)4-6-21-12(17)14-11(22)9-3-2-5-20-9/h2-3,5,7H,4,6H2,1H3,(H,14,17,22)/p+1. The Hall–Kier alpha value is -2.75. The number of imidazole rings is 1. The lowest BCUT2D eigenvalue weighted by Gasteiger charge is -2.04. The van der Waals surface area contributed by atoms with E-state index in [1.165, 1.54) is 17.0 Å². The molecule has 2 aromatic heterocycles. The Balaban J connectivity index is 1.84. The fourth-order valence-corrected chi connectivity index (χ4v) is 1.96. The van der Waals surface area contributed by atoms with E-state index in [9.17, 15) is 14.9 Å². The zero-order valence-electron chi connectivity index (χ0n) is 11.6. The third-order valence-electron chi connectivity index (χ3n) is 2.79. The van der Waals surface area contributed by atoms with Crippen molar-refractivity contribution in [3.63, 3.8) is 0 Å². The highest BCUT2D eigenvalue weighted by molar-refractivity contribution is 7.80. The van der Waals surface area contributed by atoms with E-state index < -0.39 is 11.0 Å². The lowest BCUT2D eigenvalue weighted by atomic mass is 10.4. The van der Waals surface area contributed by atoms with E-state index in [0.29, 0.717) is 11.6 Å². The minimum atomic E-state index is -0.752. The molecule has 2 aromatic rings. The number of ether oxygens (including phenoxy) is 1. The average molecular weight is 325 g/mol. The summed E-state index contributed by atoms with van der Waals surface area (Å²) in [6.07, 6.45) is 1.96. The summed E-state index contributed by atoms with van der Waals surface area (Å²) in [5, 5.41) is 13.2. The van der Waals surface area contributed by atoms with Crippen LogP contribution in [0.3, 0.4) is 0 Å². The maximum Gasteiger partial charge on any atom is 0.519 e. The zero-order valence-corrected chi connectivity index (χ0v) is 12.4. The quantitative estimate of drug-likeness (QED) is 0.370. The number of aryl methyl sites for hydroxylation is 1. The molecule has 2 rings (SSSR count). The number of nitrogens with zero attached hydrogens (tertiary/aromatic N) is 2. The number of nitro groups is 1. The van der Waals surface area contributed by atoms with Crippen LogP contribution in [0.5, 0.6) is 0 Å². The highest BCUT2D eigenvalue weighted by atomic mass is 32.1. The van der Waals surface area contributed by atoms with Crippen molar-refractivity contribution >= 4 is 29.1 Å². The number of aromatic nitrogens is 2. The first kappa shape index (κ1) is 15.6. The van der Waals surface area contributed by atoms with Crippen molar-refractivity contribution in [1.29, 1.82) is 0 Å². The molecule has 0 radical (unpaired) electrons. The van der Waals surface area contributed by atoms with Gasteiger partial charge in [-0.3, -0.25) is 15.4 Å². The van der Waals surface area contributed by atoms with Crippen molar-refractivity contribution in [2.45, 2.75) is 13.5 Å². The predicted octanol–water partition coefficient (Wildman–Crippen LogP) is 1.21. The molecule has 116 valence electrons. The van der Waals surface area contributed by atoms with Gasteiger partial charge in [-0.25, -0.2) is 4.79 Å². The predicted molar refractivity (Wildman–Crippen MR) is 77.3 cm³/mol. The molecule has 10 heteroatoms. The Kier molecular flexibility index (Phi) is 4.84. The van der Waals surface area contributed by atoms with Crippen LogP contribution in [0.4, 0.5) is 10.6 Å². The summed E-state index contributed by atoms with van der Waals surface area (Å²) in [6.45, 7) is 1.78. The number of carbonyl (C=O) groups is 1. The monoisotopic (exact) mass is 325 g/mol. The number of amides is 1. The molecule has 0 saturated carbocycles. The van der Waals surface area contributed by atoms with Crippen molar-refractivity contribution in [3.05, 3.63) is 46.3 Å². The van der Waals surface area contributed by atoms with Gasteiger partial charge in [-0.2, -0.15) is 0 Å². The van der Waals surface area contributed by atoms with Crippen LogP contribution in [0.25, 0.3) is 0 Å². The summed E-state index contributed by atoms with van der Waals surface area (Å²) in [6, 6.07) is 3.24. The van der Waals surface area contributed by atoms with E-state index in [4.69, 9.17) is 21.4 Å². The molecule has 1 amide bonds. The second-order valence-electron chi connectivity index (χ2n) is 4.21. The number of carbonyl (C=O) groups excluding carboxylic acids is 1. The molecule has 0 aromatic carbocycles. The van der Waals surface area contributed by atoms with Gasteiger partial charge in [0, 0.05) is 6.92 Å². The SMILES string of the molecule is Cc1[nH]cc([N+](=O)[O-])[n+]1CCOC(=O)NC(=S)c1ccco1. The van der Waals surface area contributed by atoms with Crippen molar-refractivity contribution in [1.82, 2.24) is 10.3 Å². The number of thiocarbonyl (C=S) groups is 1. The second-order valence-corrected chi connectivity index (χ2v) is 4.62. The molecule has 0 bridgehead atoms. The fourth-order valence-electron chi connectivity index (χ4n) is 1.76. The first-order valence-corrected chi connectivity index (χ1v) is 6.63. The van der Waals surface area contributed by atoms with Crippen molar-refractivity contribution < 1.29 is 23.4 Å². The molecule has 0 atom stereocenters. The first-order chi connectivity index (χ1) is 10.5. The van der Waals surface area contributed by atoms with Crippen molar-refractivity contribution in [2.75, 3.05) is 6.61 Å². The van der Waals surface area contributed by atoms with Crippen molar-refractivity contribution in [2.24, 2.45) is 0 Å². The number of alkyl carbamates (subject to hydrolysis) is 1. The molecular weight excluding hydrogens is 312 g/mol. The molecule has 0 saturated heterocycles. The Morgan fingerprint density at radius 1 is 1.64 bits per heavy atom. The van der Waals surface area contributed by atoms with Crippen LogP contribution in [-0.2, 0) is 11.3 Å². The molecule has 0 aliphatic carbocycles. The summed E-state index contributed by atoms with van der Waals surface area (Å²) < 4.78 is 11.4. The first-order valence-electron chi connectivity index (χ1n) is 6.23. The van der Waals surface area contributed by atoms with Gasteiger partial charge in [0.1, 0.15) is 4.92 Å². The van der Waals surface area contributed by atoms with Gasteiger partial charge >= 0.3 is 11.9 Å². The molecule has 9 nitrogen and oxygen atoms in total. The summed E-state index contributed by atoms with van der Waals surface area (Å²) in [4.78, 5) is 24.7. The smallest absolute Gasteiger partial charge is 0.462 e. The van der Waals surface area contributed by atoms with Crippen molar-refractivity contribution in [3.8, 4) is 0 Å². The number of H-pyrrole nitrogens is 1. The van der Waals surface area contributed by atoms with E-state index in [1.54, 1.807) is 19.1 Å². The van der Waals surface area contributed by atoms with Crippen LogP contribution in [0, 0.1) is 17.0 Å². The van der Waals surface area contributed by atoms with Crippen LogP contribution in [-0.4, -0.2) is 27.6 Å². The fraction of sp³-hybridized carbons (Fsp3) is 0.250. The van der Waals surface area contributed by atoms with Crippen LogP contribution in [0.2, 0.25) is 0 Å². The van der Waals surface area contributed by atoms with E-state index in [1.807, 2.05) is 0 Å². The third-order valence-corrected chi connectivity index (χ3v) is 3.09. The van der Waals surface area contributed by atoms with Crippen LogP contribution < -0.4 is 9.88 Å². The molecular formula is C12H13N4O5S+. The summed E-state index contributed by atoms with van der Waals surface area (Å²) in [5.74, 6) is 0.827. The van der Waals surface area contributed by atoms with Gasteiger partial charge in [0.05, 0.1) is 6.26 Å². The largest absolute Gasteiger partial charge is 0.519 e. The average Bonchev–Trinajstić information content (AvgIpc) is 3.09. The van der Waals surface area contributed by atoms with E-state index >= 15 is 0 Å². The maximum atomic E-state index is 11.6. The highest BCUT2D eigenvalue weighted by Gasteiger charge is 2.26.